The number of rotatable bonds is 3. The van der Waals surface area contributed by atoms with Crippen LogP contribution >= 0.6 is 0 Å². The summed E-state index contributed by atoms with van der Waals surface area (Å²) in [5.74, 6) is 0.0695. The number of phenols is 1. The summed E-state index contributed by atoms with van der Waals surface area (Å²) in [5, 5.41) is 31.2. The van der Waals surface area contributed by atoms with Crippen LogP contribution in [0, 0.1) is 13.8 Å². The number of halogens is 3. The smallest absolute Gasteiger partial charge is 0.416 e. The zero-order valence-corrected chi connectivity index (χ0v) is 14.6. The molecule has 0 radical (unpaired) electrons. The Balaban J connectivity index is 1.88. The molecule has 0 spiro atoms. The number of nitrogens with zero attached hydrogens (tertiary/aromatic N) is 2. The zero-order valence-electron chi connectivity index (χ0n) is 14.6. The maximum absolute atomic E-state index is 12.8. The Morgan fingerprint density at radius 3 is 2.27 bits per heavy atom. The maximum atomic E-state index is 12.8. The second-order valence-corrected chi connectivity index (χ2v) is 7.19. The van der Waals surface area contributed by atoms with Gasteiger partial charge in [0.1, 0.15) is 5.75 Å². The lowest BCUT2D eigenvalue weighted by Crippen LogP contribution is -2.48. The highest BCUT2D eigenvalue weighted by Gasteiger charge is 2.38. The van der Waals surface area contributed by atoms with Crippen molar-refractivity contribution in [3.05, 3.63) is 34.9 Å². The third-order valence-electron chi connectivity index (χ3n) is 4.60. The van der Waals surface area contributed by atoms with Gasteiger partial charge in [0.2, 0.25) is 0 Å². The van der Waals surface area contributed by atoms with Crippen molar-refractivity contribution in [1.29, 1.82) is 0 Å². The van der Waals surface area contributed by atoms with E-state index in [1.165, 1.54) is 6.92 Å². The summed E-state index contributed by atoms with van der Waals surface area (Å²) in [4.78, 5) is 0. The van der Waals surface area contributed by atoms with Gasteiger partial charge in [0.15, 0.2) is 5.82 Å². The summed E-state index contributed by atoms with van der Waals surface area (Å²) in [6.45, 7) is 5.06. The van der Waals surface area contributed by atoms with Crippen molar-refractivity contribution in [3.63, 3.8) is 0 Å². The van der Waals surface area contributed by atoms with Crippen molar-refractivity contribution in [2.45, 2.75) is 51.4 Å². The predicted molar refractivity (Wildman–Crippen MR) is 90.9 cm³/mol. The van der Waals surface area contributed by atoms with Crippen LogP contribution in [0.15, 0.2) is 18.2 Å². The van der Waals surface area contributed by atoms with Gasteiger partial charge < -0.3 is 15.5 Å². The summed E-state index contributed by atoms with van der Waals surface area (Å²) < 4.78 is 38.5. The van der Waals surface area contributed by atoms with Crippen LogP contribution in [-0.2, 0) is 6.18 Å². The Morgan fingerprint density at radius 1 is 1.12 bits per heavy atom. The standard InChI is InChI=1S/C18H20F3N3O2/c1-9-4-11(18(19,20)21)6-14(25)15(9)13-5-10(2)16(24-23-13)22-12-7-17(3,26)8-12/h4-6,12,25-26H,7-8H2,1-3H3,(H,22,24)/t12-,17-. The monoisotopic (exact) mass is 367 g/mol. The fourth-order valence-corrected chi connectivity index (χ4v) is 3.31. The molecule has 140 valence electrons. The van der Waals surface area contributed by atoms with Gasteiger partial charge in [-0.15, -0.1) is 10.2 Å². The molecule has 1 heterocycles. The molecule has 0 saturated heterocycles. The molecule has 2 aromatic rings. The third-order valence-corrected chi connectivity index (χ3v) is 4.60. The van der Waals surface area contributed by atoms with E-state index in [1.54, 1.807) is 19.9 Å². The number of hydrogen-bond acceptors (Lipinski definition) is 5. The average molecular weight is 367 g/mol. The number of anilines is 1. The van der Waals surface area contributed by atoms with E-state index in [9.17, 15) is 23.4 Å². The lowest BCUT2D eigenvalue weighted by molar-refractivity contribution is -0.137. The quantitative estimate of drug-likeness (QED) is 0.769. The van der Waals surface area contributed by atoms with E-state index in [-0.39, 0.29) is 17.2 Å². The van der Waals surface area contributed by atoms with Gasteiger partial charge in [-0.2, -0.15) is 13.2 Å². The zero-order chi connectivity index (χ0) is 19.3. The first-order valence-corrected chi connectivity index (χ1v) is 8.21. The van der Waals surface area contributed by atoms with Crippen molar-refractivity contribution in [3.8, 4) is 17.0 Å². The summed E-state index contributed by atoms with van der Waals surface area (Å²) in [7, 11) is 0. The van der Waals surface area contributed by atoms with Gasteiger partial charge in [-0.25, -0.2) is 0 Å². The van der Waals surface area contributed by atoms with Crippen LogP contribution in [0.3, 0.4) is 0 Å². The van der Waals surface area contributed by atoms with Crippen LogP contribution in [0.5, 0.6) is 5.75 Å². The van der Waals surface area contributed by atoms with Gasteiger partial charge in [-0.05, 0) is 62.9 Å². The number of nitrogens with one attached hydrogen (secondary N) is 1. The minimum atomic E-state index is -4.53. The fourth-order valence-electron chi connectivity index (χ4n) is 3.31. The molecule has 3 rings (SSSR count). The van der Waals surface area contributed by atoms with Gasteiger partial charge in [0.05, 0.1) is 16.9 Å². The van der Waals surface area contributed by atoms with Gasteiger partial charge in [-0.1, -0.05) is 0 Å². The number of aliphatic hydroxyl groups is 1. The molecule has 1 saturated carbocycles. The van der Waals surface area contributed by atoms with Crippen molar-refractivity contribution in [1.82, 2.24) is 10.2 Å². The minimum Gasteiger partial charge on any atom is -0.507 e. The van der Waals surface area contributed by atoms with E-state index in [2.05, 4.69) is 15.5 Å². The molecular weight excluding hydrogens is 347 g/mol. The van der Waals surface area contributed by atoms with E-state index in [0.717, 1.165) is 11.6 Å². The maximum Gasteiger partial charge on any atom is 0.416 e. The fraction of sp³-hybridized carbons (Fsp3) is 0.444. The lowest BCUT2D eigenvalue weighted by Gasteiger charge is -2.41. The van der Waals surface area contributed by atoms with Gasteiger partial charge in [-0.3, -0.25) is 0 Å². The molecule has 3 N–H and O–H groups in total. The molecule has 0 bridgehead atoms. The molecule has 1 fully saturated rings. The lowest BCUT2D eigenvalue weighted by atomic mass is 9.77. The largest absolute Gasteiger partial charge is 0.507 e. The first kappa shape index (κ1) is 18.4. The third kappa shape index (κ3) is 3.60. The average Bonchev–Trinajstić information content (AvgIpc) is 2.46. The van der Waals surface area contributed by atoms with Crippen molar-refractivity contribution >= 4 is 5.82 Å². The number of aromatic hydroxyl groups is 1. The van der Waals surface area contributed by atoms with E-state index in [0.29, 0.717) is 30.4 Å². The van der Waals surface area contributed by atoms with Crippen molar-refractivity contribution in [2.24, 2.45) is 0 Å². The number of phenolic OH excluding ortho intramolecular Hbond substituents is 1. The molecule has 1 aromatic heterocycles. The normalized spacial score (nSPS) is 22.8. The molecule has 0 aliphatic heterocycles. The van der Waals surface area contributed by atoms with Gasteiger partial charge in [0, 0.05) is 11.6 Å². The molecule has 0 unspecified atom stereocenters. The first-order chi connectivity index (χ1) is 12.0. The van der Waals surface area contributed by atoms with Crippen molar-refractivity contribution in [2.75, 3.05) is 5.32 Å². The molecule has 0 atom stereocenters. The summed E-state index contributed by atoms with van der Waals surface area (Å²) >= 11 is 0. The Morgan fingerprint density at radius 2 is 1.77 bits per heavy atom. The van der Waals surface area contributed by atoms with Crippen LogP contribution in [0.1, 0.15) is 36.5 Å². The van der Waals surface area contributed by atoms with Crippen molar-refractivity contribution < 1.29 is 23.4 Å². The highest BCUT2D eigenvalue weighted by atomic mass is 19.4. The Bertz CT molecular complexity index is 819. The molecular formula is C18H20F3N3O2. The second kappa shape index (κ2) is 6.12. The van der Waals surface area contributed by atoms with E-state index in [1.807, 2.05) is 0 Å². The van der Waals surface area contributed by atoms with E-state index < -0.39 is 23.1 Å². The number of alkyl halides is 3. The van der Waals surface area contributed by atoms with Crippen LogP contribution in [0.4, 0.5) is 19.0 Å². The predicted octanol–water partition coefficient (Wildman–Crippen LogP) is 3.81. The Kier molecular flexibility index (Phi) is 4.34. The number of benzene rings is 1. The van der Waals surface area contributed by atoms with Gasteiger partial charge in [0.25, 0.3) is 0 Å². The number of aromatic nitrogens is 2. The molecule has 1 aliphatic rings. The molecule has 1 aliphatic carbocycles. The topological polar surface area (TPSA) is 78.3 Å². The first-order valence-electron chi connectivity index (χ1n) is 8.21. The van der Waals surface area contributed by atoms with Crippen LogP contribution < -0.4 is 5.32 Å². The molecule has 0 amide bonds. The van der Waals surface area contributed by atoms with Crippen LogP contribution in [0.25, 0.3) is 11.3 Å². The highest BCUT2D eigenvalue weighted by Crippen LogP contribution is 2.39. The molecule has 1 aromatic carbocycles. The summed E-state index contributed by atoms with van der Waals surface area (Å²) in [6.07, 6.45) is -3.32. The molecule has 5 nitrogen and oxygen atoms in total. The van der Waals surface area contributed by atoms with E-state index in [4.69, 9.17) is 0 Å². The van der Waals surface area contributed by atoms with E-state index >= 15 is 0 Å². The number of aryl methyl sites for hydroxylation is 2. The number of hydrogen-bond donors (Lipinski definition) is 3. The summed E-state index contributed by atoms with van der Waals surface area (Å²) in [5.41, 5.74) is -0.0235. The summed E-state index contributed by atoms with van der Waals surface area (Å²) in [6, 6.07) is 3.45. The van der Waals surface area contributed by atoms with Crippen LogP contribution in [-0.4, -0.2) is 32.1 Å². The van der Waals surface area contributed by atoms with Crippen LogP contribution in [0.2, 0.25) is 0 Å². The minimum absolute atomic E-state index is 0.102. The second-order valence-electron chi connectivity index (χ2n) is 7.19. The van der Waals surface area contributed by atoms with Gasteiger partial charge >= 0.3 is 6.18 Å². The molecule has 8 heteroatoms. The Hall–Kier alpha value is -2.35. The molecule has 26 heavy (non-hydrogen) atoms. The Labute approximate surface area is 148 Å². The highest BCUT2D eigenvalue weighted by molar-refractivity contribution is 5.72. The SMILES string of the molecule is Cc1cc(-c2c(C)cc(C(F)(F)F)cc2O)nnc1N[C@H]1C[C@](C)(O)C1.